The molecule has 0 spiro atoms. The molecule has 30 heavy (non-hydrogen) atoms. The molecule has 0 saturated carbocycles. The van der Waals surface area contributed by atoms with Gasteiger partial charge in [-0.1, -0.05) is 36.1 Å². The molecule has 142 valence electrons. The van der Waals surface area contributed by atoms with Gasteiger partial charge in [0.1, 0.15) is 0 Å². The molecule has 2 nitrogen and oxygen atoms in total. The van der Waals surface area contributed by atoms with E-state index in [0.29, 0.717) is 0 Å². The quantitative estimate of drug-likeness (QED) is 0.327. The van der Waals surface area contributed by atoms with E-state index in [1.54, 1.807) is 0 Å². The average Bonchev–Trinajstić information content (AvgIpc) is 2.81. The number of hydrogen-bond donors (Lipinski definition) is 1. The van der Waals surface area contributed by atoms with Crippen molar-refractivity contribution in [2.24, 2.45) is 0 Å². The molecule has 2 N–H and O–H groups in total. The van der Waals surface area contributed by atoms with Gasteiger partial charge in [0, 0.05) is 33.9 Å². The Morgan fingerprint density at radius 3 is 1.20 bits per heavy atom. The summed E-state index contributed by atoms with van der Waals surface area (Å²) >= 11 is 0. The number of hydrogen-bond acceptors (Lipinski definition) is 2. The summed E-state index contributed by atoms with van der Waals surface area (Å²) < 4.78 is 0. The first kappa shape index (κ1) is 18.9. The molecule has 0 aromatic heterocycles. The van der Waals surface area contributed by atoms with Gasteiger partial charge in [0.15, 0.2) is 0 Å². The van der Waals surface area contributed by atoms with E-state index >= 15 is 0 Å². The van der Waals surface area contributed by atoms with Crippen molar-refractivity contribution in [3.05, 3.63) is 108 Å². The fraction of sp³-hybridized carbons (Fsp3) is 0. The first-order chi connectivity index (χ1) is 14.7. The first-order valence-electron chi connectivity index (χ1n) is 9.57. The van der Waals surface area contributed by atoms with Crippen molar-refractivity contribution < 1.29 is 0 Å². The number of terminal acetylenes is 2. The van der Waals surface area contributed by atoms with E-state index in [2.05, 4.69) is 41.0 Å². The Balaban J connectivity index is 1.75. The molecule has 0 aliphatic rings. The second kappa shape index (κ2) is 8.31. The molecule has 0 aliphatic heterocycles. The van der Waals surface area contributed by atoms with Crippen LogP contribution in [0.1, 0.15) is 11.1 Å². The van der Waals surface area contributed by atoms with Crippen LogP contribution in [0.3, 0.4) is 0 Å². The largest absolute Gasteiger partial charge is 0.399 e. The number of rotatable bonds is 4. The molecule has 0 radical (unpaired) electrons. The molecule has 0 saturated heterocycles. The number of nitrogens with zero attached hydrogens (tertiary/aromatic N) is 1. The summed E-state index contributed by atoms with van der Waals surface area (Å²) in [6, 6.07) is 32.2. The van der Waals surface area contributed by atoms with E-state index in [4.69, 9.17) is 18.6 Å². The van der Waals surface area contributed by atoms with Crippen molar-refractivity contribution in [2.45, 2.75) is 0 Å². The summed E-state index contributed by atoms with van der Waals surface area (Å²) in [6.07, 6.45) is 11.0. The molecule has 4 aromatic rings. The third kappa shape index (κ3) is 3.90. The van der Waals surface area contributed by atoms with Crippen LogP contribution in [-0.2, 0) is 0 Å². The van der Waals surface area contributed by atoms with Crippen LogP contribution >= 0.6 is 0 Å². The molecule has 4 rings (SSSR count). The lowest BCUT2D eigenvalue weighted by Crippen LogP contribution is -2.09. The summed E-state index contributed by atoms with van der Waals surface area (Å²) in [4.78, 5) is 2.17. The van der Waals surface area contributed by atoms with E-state index < -0.39 is 0 Å². The maximum Gasteiger partial charge on any atom is 0.0462 e. The van der Waals surface area contributed by atoms with Crippen molar-refractivity contribution in [3.63, 3.8) is 0 Å². The number of nitrogen functional groups attached to an aromatic ring is 1. The Labute approximate surface area is 177 Å². The van der Waals surface area contributed by atoms with Gasteiger partial charge < -0.3 is 10.6 Å². The molecular formula is C28H20N2. The summed E-state index contributed by atoms with van der Waals surface area (Å²) in [5.74, 6) is 5.34. The van der Waals surface area contributed by atoms with Crippen LogP contribution in [0, 0.1) is 24.7 Å². The predicted molar refractivity (Wildman–Crippen MR) is 127 cm³/mol. The van der Waals surface area contributed by atoms with Crippen LogP contribution in [-0.4, -0.2) is 0 Å². The van der Waals surface area contributed by atoms with Gasteiger partial charge in [0.2, 0.25) is 0 Å². The van der Waals surface area contributed by atoms with Crippen molar-refractivity contribution in [1.82, 2.24) is 0 Å². The summed E-state index contributed by atoms with van der Waals surface area (Å²) in [6.45, 7) is 0. The fourth-order valence-electron chi connectivity index (χ4n) is 3.34. The molecule has 0 amide bonds. The molecule has 0 bridgehead atoms. The lowest BCUT2D eigenvalue weighted by atomic mass is 10.0. The van der Waals surface area contributed by atoms with Gasteiger partial charge in [-0.15, -0.1) is 12.8 Å². The highest BCUT2D eigenvalue weighted by atomic mass is 15.1. The maximum atomic E-state index is 5.81. The van der Waals surface area contributed by atoms with Gasteiger partial charge in [-0.3, -0.25) is 0 Å². The predicted octanol–water partition coefficient (Wildman–Crippen LogP) is 6.37. The van der Waals surface area contributed by atoms with Gasteiger partial charge in [0.25, 0.3) is 0 Å². The second-order valence-electron chi connectivity index (χ2n) is 6.89. The Hall–Kier alpha value is -4.40. The maximum absolute atomic E-state index is 5.81. The highest BCUT2D eigenvalue weighted by Gasteiger charge is 2.12. The van der Waals surface area contributed by atoms with Gasteiger partial charge >= 0.3 is 0 Å². The monoisotopic (exact) mass is 384 g/mol. The Morgan fingerprint density at radius 2 is 0.833 bits per heavy atom. The molecule has 0 heterocycles. The Morgan fingerprint density at radius 1 is 0.500 bits per heavy atom. The van der Waals surface area contributed by atoms with Crippen molar-refractivity contribution in [1.29, 1.82) is 0 Å². The third-order valence-corrected chi connectivity index (χ3v) is 4.95. The zero-order valence-corrected chi connectivity index (χ0v) is 16.4. The summed E-state index contributed by atoms with van der Waals surface area (Å²) in [5, 5.41) is 0. The summed E-state index contributed by atoms with van der Waals surface area (Å²) in [7, 11) is 0. The fourth-order valence-corrected chi connectivity index (χ4v) is 3.34. The Bertz CT molecular complexity index is 1160. The highest BCUT2D eigenvalue weighted by molar-refractivity contribution is 5.79. The van der Waals surface area contributed by atoms with E-state index in [1.807, 2.05) is 72.8 Å². The zero-order valence-electron chi connectivity index (χ0n) is 16.4. The molecule has 4 aromatic carbocycles. The topological polar surface area (TPSA) is 29.3 Å². The molecule has 0 unspecified atom stereocenters. The minimum Gasteiger partial charge on any atom is -0.399 e. The lowest BCUT2D eigenvalue weighted by Gasteiger charge is -2.26. The SMILES string of the molecule is C#Cc1ccc(N(c2ccc(C#C)cc2)c2ccc(-c3ccc(N)cc3)cc2)cc1. The van der Waals surface area contributed by atoms with Gasteiger partial charge in [-0.05, 0) is 83.9 Å². The van der Waals surface area contributed by atoms with Crippen LogP contribution < -0.4 is 10.6 Å². The van der Waals surface area contributed by atoms with E-state index in [9.17, 15) is 0 Å². The van der Waals surface area contributed by atoms with E-state index in [-0.39, 0.29) is 0 Å². The minimum atomic E-state index is 0.757. The summed E-state index contributed by atoms with van der Waals surface area (Å²) in [5.41, 5.74) is 13.6. The average molecular weight is 384 g/mol. The number of nitrogens with two attached hydrogens (primary N) is 1. The number of anilines is 4. The number of benzene rings is 4. The van der Waals surface area contributed by atoms with Crippen LogP contribution in [0.25, 0.3) is 11.1 Å². The van der Waals surface area contributed by atoms with Crippen molar-refractivity contribution in [2.75, 3.05) is 10.6 Å². The van der Waals surface area contributed by atoms with Crippen molar-refractivity contribution >= 4 is 22.7 Å². The van der Waals surface area contributed by atoms with Gasteiger partial charge in [-0.25, -0.2) is 0 Å². The second-order valence-corrected chi connectivity index (χ2v) is 6.89. The van der Waals surface area contributed by atoms with Crippen LogP contribution in [0.5, 0.6) is 0 Å². The smallest absolute Gasteiger partial charge is 0.0462 e. The van der Waals surface area contributed by atoms with Gasteiger partial charge in [-0.2, -0.15) is 0 Å². The van der Waals surface area contributed by atoms with E-state index in [0.717, 1.165) is 45.0 Å². The Kier molecular flexibility index (Phi) is 5.25. The third-order valence-electron chi connectivity index (χ3n) is 4.95. The lowest BCUT2D eigenvalue weighted by molar-refractivity contribution is 1.28. The highest BCUT2D eigenvalue weighted by Crippen LogP contribution is 2.35. The van der Waals surface area contributed by atoms with Crippen LogP contribution in [0.15, 0.2) is 97.1 Å². The minimum absolute atomic E-state index is 0.757. The molecule has 0 fully saturated rings. The molecule has 0 aliphatic carbocycles. The van der Waals surface area contributed by atoms with Crippen molar-refractivity contribution in [3.8, 4) is 35.8 Å². The van der Waals surface area contributed by atoms with Gasteiger partial charge in [0.05, 0.1) is 0 Å². The molecular weight excluding hydrogens is 364 g/mol. The standard InChI is InChI=1S/C28H20N2/c1-3-21-5-15-26(16-6-21)30(27-17-7-22(4-2)8-18-27)28-19-11-24(12-20-28)23-9-13-25(29)14-10-23/h1-2,5-20H,29H2. The zero-order chi connectivity index (χ0) is 20.9. The van der Waals surface area contributed by atoms with E-state index in [1.165, 1.54) is 0 Å². The molecule has 2 heteroatoms. The first-order valence-corrected chi connectivity index (χ1v) is 9.57. The van der Waals surface area contributed by atoms with Crippen LogP contribution in [0.2, 0.25) is 0 Å². The normalized spacial score (nSPS) is 10.1. The van der Waals surface area contributed by atoms with Crippen LogP contribution in [0.4, 0.5) is 22.7 Å². The molecule has 0 atom stereocenters.